The van der Waals surface area contributed by atoms with Gasteiger partial charge < -0.3 is 9.47 Å². The van der Waals surface area contributed by atoms with E-state index in [2.05, 4.69) is 15.9 Å². The fraction of sp³-hybridized carbons (Fsp3) is 0.0690. The summed E-state index contributed by atoms with van der Waals surface area (Å²) in [5.41, 5.74) is 1.14. The first kappa shape index (κ1) is 24.8. The minimum Gasteiger partial charge on any atom is -0.491 e. The summed E-state index contributed by atoms with van der Waals surface area (Å²) in [5, 5.41) is 1.70. The zero-order valence-corrected chi connectivity index (χ0v) is 21.8. The molecular weight excluding hydrogens is 554 g/mol. The SMILES string of the molecule is O=C(Oc1ccc(/C=C2\SC(=O)N(CCOc3cccc4ccccc34)C2=O)cc1)c1cccc(Br)c1. The van der Waals surface area contributed by atoms with Crippen molar-refractivity contribution < 1.29 is 23.9 Å². The van der Waals surface area contributed by atoms with E-state index in [4.69, 9.17) is 9.47 Å². The van der Waals surface area contributed by atoms with Crippen molar-refractivity contribution in [2.75, 3.05) is 13.2 Å². The second-order valence-electron chi connectivity index (χ2n) is 8.13. The first-order valence-electron chi connectivity index (χ1n) is 11.4. The first-order chi connectivity index (χ1) is 18.0. The predicted octanol–water partition coefficient (Wildman–Crippen LogP) is 6.94. The van der Waals surface area contributed by atoms with Gasteiger partial charge >= 0.3 is 5.97 Å². The van der Waals surface area contributed by atoms with Crippen LogP contribution >= 0.6 is 27.7 Å². The van der Waals surface area contributed by atoms with E-state index in [-0.39, 0.29) is 24.3 Å². The standard InChI is InChI=1S/C29H20BrNO5S/c30-22-8-3-7-21(18-22)28(33)36-23-13-11-19(12-14-23)17-26-27(32)31(29(34)37-26)15-16-35-25-10-4-6-20-5-1-2-9-24(20)25/h1-14,17-18H,15-16H2/b26-17-. The Morgan fingerprint density at radius 2 is 1.68 bits per heavy atom. The molecule has 0 atom stereocenters. The quantitative estimate of drug-likeness (QED) is 0.135. The van der Waals surface area contributed by atoms with Crippen molar-refractivity contribution in [2.24, 2.45) is 0 Å². The highest BCUT2D eigenvalue weighted by Gasteiger charge is 2.34. The topological polar surface area (TPSA) is 72.9 Å². The molecule has 1 saturated heterocycles. The Kier molecular flexibility index (Phi) is 7.39. The van der Waals surface area contributed by atoms with Crippen LogP contribution in [0.15, 0.2) is 100 Å². The number of thioether (sulfide) groups is 1. The van der Waals surface area contributed by atoms with Gasteiger partial charge in [0.25, 0.3) is 11.1 Å². The van der Waals surface area contributed by atoms with Crippen LogP contribution in [0.4, 0.5) is 4.79 Å². The summed E-state index contributed by atoms with van der Waals surface area (Å²) < 4.78 is 12.1. The Hall–Kier alpha value is -3.88. The summed E-state index contributed by atoms with van der Waals surface area (Å²) in [6.07, 6.45) is 1.65. The minimum absolute atomic E-state index is 0.149. The molecule has 0 aromatic heterocycles. The van der Waals surface area contributed by atoms with Gasteiger partial charge in [0.05, 0.1) is 17.0 Å². The third kappa shape index (κ3) is 5.76. The second-order valence-corrected chi connectivity index (χ2v) is 10.0. The Morgan fingerprint density at radius 3 is 2.49 bits per heavy atom. The Labute approximate surface area is 226 Å². The van der Waals surface area contributed by atoms with Crippen molar-refractivity contribution >= 4 is 61.7 Å². The third-order valence-corrected chi connectivity index (χ3v) is 7.05. The Morgan fingerprint density at radius 1 is 0.919 bits per heavy atom. The van der Waals surface area contributed by atoms with E-state index in [1.54, 1.807) is 48.5 Å². The molecule has 8 heteroatoms. The largest absolute Gasteiger partial charge is 0.491 e. The molecule has 0 aliphatic carbocycles. The number of ether oxygens (including phenoxy) is 2. The number of esters is 1. The average molecular weight is 574 g/mol. The van der Waals surface area contributed by atoms with Gasteiger partial charge in [-0.1, -0.05) is 70.5 Å². The predicted molar refractivity (Wildman–Crippen MR) is 148 cm³/mol. The van der Waals surface area contributed by atoms with Crippen molar-refractivity contribution in [3.05, 3.63) is 112 Å². The molecular formula is C29H20BrNO5S. The third-order valence-electron chi connectivity index (χ3n) is 5.64. The number of hydrogen-bond acceptors (Lipinski definition) is 6. The number of halogens is 1. The van der Waals surface area contributed by atoms with E-state index >= 15 is 0 Å². The van der Waals surface area contributed by atoms with Crippen LogP contribution in [0.25, 0.3) is 16.8 Å². The maximum Gasteiger partial charge on any atom is 0.343 e. The number of carbonyl (C=O) groups excluding carboxylic acids is 3. The molecule has 4 aromatic carbocycles. The fourth-order valence-electron chi connectivity index (χ4n) is 3.83. The maximum absolute atomic E-state index is 12.9. The van der Waals surface area contributed by atoms with Crippen LogP contribution in [0.2, 0.25) is 0 Å². The molecule has 0 unspecified atom stereocenters. The lowest BCUT2D eigenvalue weighted by Gasteiger charge is -2.14. The van der Waals surface area contributed by atoms with Crippen molar-refractivity contribution in [3.8, 4) is 11.5 Å². The van der Waals surface area contributed by atoms with Crippen LogP contribution in [0.5, 0.6) is 11.5 Å². The number of rotatable bonds is 7. The Bertz CT molecular complexity index is 1530. The summed E-state index contributed by atoms with van der Waals surface area (Å²) in [6.45, 7) is 0.340. The minimum atomic E-state index is -0.471. The van der Waals surface area contributed by atoms with Gasteiger partial charge in [-0.15, -0.1) is 0 Å². The van der Waals surface area contributed by atoms with E-state index in [1.807, 2.05) is 48.5 Å². The molecule has 0 spiro atoms. The molecule has 184 valence electrons. The highest BCUT2D eigenvalue weighted by Crippen LogP contribution is 2.32. The highest BCUT2D eigenvalue weighted by atomic mass is 79.9. The molecule has 2 amide bonds. The van der Waals surface area contributed by atoms with E-state index in [9.17, 15) is 14.4 Å². The van der Waals surface area contributed by atoms with Gasteiger partial charge in [-0.05, 0) is 65.2 Å². The van der Waals surface area contributed by atoms with E-state index in [1.165, 1.54) is 4.90 Å². The number of hydrogen-bond donors (Lipinski definition) is 0. The summed E-state index contributed by atoms with van der Waals surface area (Å²) in [7, 11) is 0. The smallest absolute Gasteiger partial charge is 0.343 e. The van der Waals surface area contributed by atoms with Crippen LogP contribution in [0.3, 0.4) is 0 Å². The van der Waals surface area contributed by atoms with Crippen LogP contribution in [-0.2, 0) is 4.79 Å². The molecule has 1 aliphatic heterocycles. The summed E-state index contributed by atoms with van der Waals surface area (Å²) in [4.78, 5) is 39.2. The van der Waals surface area contributed by atoms with Crippen LogP contribution in [-0.4, -0.2) is 35.2 Å². The van der Waals surface area contributed by atoms with Crippen molar-refractivity contribution in [1.82, 2.24) is 4.90 Å². The number of nitrogens with zero attached hydrogens (tertiary/aromatic N) is 1. The lowest BCUT2D eigenvalue weighted by atomic mass is 10.1. The van der Waals surface area contributed by atoms with Crippen LogP contribution in [0, 0.1) is 0 Å². The maximum atomic E-state index is 12.9. The van der Waals surface area contributed by atoms with Crippen molar-refractivity contribution in [1.29, 1.82) is 0 Å². The van der Waals surface area contributed by atoms with Crippen LogP contribution in [0.1, 0.15) is 15.9 Å². The van der Waals surface area contributed by atoms with E-state index < -0.39 is 5.97 Å². The molecule has 0 radical (unpaired) electrons. The molecule has 6 nitrogen and oxygen atoms in total. The molecule has 0 bridgehead atoms. The molecule has 37 heavy (non-hydrogen) atoms. The van der Waals surface area contributed by atoms with Gasteiger partial charge in [0.2, 0.25) is 0 Å². The molecule has 5 rings (SSSR count). The average Bonchev–Trinajstić information content (AvgIpc) is 3.17. The lowest BCUT2D eigenvalue weighted by Crippen LogP contribution is -2.32. The Balaban J connectivity index is 1.20. The zero-order valence-electron chi connectivity index (χ0n) is 19.4. The first-order valence-corrected chi connectivity index (χ1v) is 13.0. The van der Waals surface area contributed by atoms with Gasteiger partial charge in [-0.2, -0.15) is 0 Å². The fourth-order valence-corrected chi connectivity index (χ4v) is 5.09. The number of amides is 2. The molecule has 1 fully saturated rings. The van der Waals surface area contributed by atoms with Crippen molar-refractivity contribution in [3.63, 3.8) is 0 Å². The highest BCUT2D eigenvalue weighted by molar-refractivity contribution is 9.10. The molecule has 0 saturated carbocycles. The van der Waals surface area contributed by atoms with Crippen LogP contribution < -0.4 is 9.47 Å². The van der Waals surface area contributed by atoms with Gasteiger partial charge in [0.1, 0.15) is 18.1 Å². The summed E-state index contributed by atoms with van der Waals surface area (Å²) in [5.74, 6) is 0.254. The van der Waals surface area contributed by atoms with Gasteiger partial charge in [-0.3, -0.25) is 14.5 Å². The lowest BCUT2D eigenvalue weighted by molar-refractivity contribution is -0.123. The second kappa shape index (κ2) is 11.0. The number of carbonyl (C=O) groups is 3. The summed E-state index contributed by atoms with van der Waals surface area (Å²) in [6, 6.07) is 27.3. The zero-order chi connectivity index (χ0) is 25.8. The van der Waals surface area contributed by atoms with Gasteiger partial charge in [-0.25, -0.2) is 4.79 Å². The van der Waals surface area contributed by atoms with E-state index in [0.29, 0.717) is 27.5 Å². The monoisotopic (exact) mass is 573 g/mol. The number of fused-ring (bicyclic) bond motifs is 1. The molecule has 4 aromatic rings. The summed E-state index contributed by atoms with van der Waals surface area (Å²) >= 11 is 4.23. The van der Waals surface area contributed by atoms with Gasteiger partial charge in [0, 0.05) is 9.86 Å². The molecule has 1 aliphatic rings. The van der Waals surface area contributed by atoms with Gasteiger partial charge in [0.15, 0.2) is 0 Å². The number of benzene rings is 4. The normalized spacial score (nSPS) is 14.4. The van der Waals surface area contributed by atoms with Crippen molar-refractivity contribution in [2.45, 2.75) is 0 Å². The number of imide groups is 1. The molecule has 1 heterocycles. The van der Waals surface area contributed by atoms with E-state index in [0.717, 1.165) is 27.0 Å². The molecule has 0 N–H and O–H groups in total.